The lowest BCUT2D eigenvalue weighted by Crippen LogP contribution is -2.52. The molecule has 1 aromatic heterocycles. The van der Waals surface area contributed by atoms with E-state index in [4.69, 9.17) is 4.74 Å². The van der Waals surface area contributed by atoms with Crippen LogP contribution in [0.5, 0.6) is 5.75 Å². The van der Waals surface area contributed by atoms with Crippen LogP contribution in [0.1, 0.15) is 48.8 Å². The van der Waals surface area contributed by atoms with Gasteiger partial charge in [0.2, 0.25) is 5.91 Å². The predicted molar refractivity (Wildman–Crippen MR) is 116 cm³/mol. The molecule has 1 saturated heterocycles. The van der Waals surface area contributed by atoms with E-state index in [0.717, 1.165) is 5.56 Å². The van der Waals surface area contributed by atoms with Crippen LogP contribution in [0.2, 0.25) is 0 Å². The molecule has 1 unspecified atom stereocenters. The van der Waals surface area contributed by atoms with E-state index in [2.05, 4.69) is 15.6 Å². The molecule has 1 aliphatic heterocycles. The van der Waals surface area contributed by atoms with Crippen LogP contribution >= 0.6 is 0 Å². The number of rotatable bonds is 6. The number of amides is 2. The number of anilines is 1. The van der Waals surface area contributed by atoms with Crippen LogP contribution in [0, 0.1) is 0 Å². The average molecular weight is 428 g/mol. The number of carbonyl (C=O) groups excluding carboxylic acids is 2. The highest BCUT2D eigenvalue weighted by Crippen LogP contribution is 2.31. The number of pyridine rings is 1. The van der Waals surface area contributed by atoms with Gasteiger partial charge in [-0.25, -0.2) is 0 Å². The Kier molecular flexibility index (Phi) is 6.62. The number of benzene rings is 1. The maximum Gasteiger partial charge on any atom is 0.270 e. The van der Waals surface area contributed by atoms with Crippen molar-refractivity contribution in [2.24, 2.45) is 0 Å². The highest BCUT2D eigenvalue weighted by molar-refractivity contribution is 5.96. The van der Waals surface area contributed by atoms with Gasteiger partial charge in [0.25, 0.3) is 5.91 Å². The fraction of sp³-hybridized carbons (Fsp3) is 0.435. The third-order valence-electron chi connectivity index (χ3n) is 5.30. The number of aromatic nitrogens is 1. The maximum atomic E-state index is 12.6. The van der Waals surface area contributed by atoms with Gasteiger partial charge in [-0.1, -0.05) is 32.9 Å². The first-order valence-corrected chi connectivity index (χ1v) is 10.2. The molecule has 4 N–H and O–H groups in total. The van der Waals surface area contributed by atoms with Crippen molar-refractivity contribution in [3.8, 4) is 5.75 Å². The molecule has 2 aromatic rings. The first-order valence-electron chi connectivity index (χ1n) is 10.2. The fourth-order valence-corrected chi connectivity index (χ4v) is 3.52. The molecule has 2 amide bonds. The normalized spacial score (nSPS) is 18.6. The van der Waals surface area contributed by atoms with Crippen LogP contribution in [0.15, 0.2) is 36.5 Å². The largest absolute Gasteiger partial charge is 0.508 e. The molecule has 2 heterocycles. The molecule has 0 bridgehead atoms. The van der Waals surface area contributed by atoms with Crippen molar-refractivity contribution in [2.45, 2.75) is 44.6 Å². The van der Waals surface area contributed by atoms with Crippen LogP contribution < -0.4 is 10.6 Å². The van der Waals surface area contributed by atoms with Gasteiger partial charge in [0, 0.05) is 18.5 Å². The molecule has 1 fully saturated rings. The number of hydrogen-bond donors (Lipinski definition) is 4. The van der Waals surface area contributed by atoms with Gasteiger partial charge in [-0.05, 0) is 41.2 Å². The van der Waals surface area contributed by atoms with E-state index in [0.29, 0.717) is 24.3 Å². The van der Waals surface area contributed by atoms with E-state index in [-0.39, 0.29) is 42.4 Å². The Hall–Kier alpha value is -2.97. The molecule has 8 heteroatoms. The smallest absolute Gasteiger partial charge is 0.270 e. The Morgan fingerprint density at radius 3 is 2.61 bits per heavy atom. The number of nitrogens with zero attached hydrogens (tertiary/aromatic N) is 1. The van der Waals surface area contributed by atoms with Gasteiger partial charge >= 0.3 is 0 Å². The van der Waals surface area contributed by atoms with Crippen molar-refractivity contribution in [2.75, 3.05) is 25.1 Å². The Balaban J connectivity index is 1.65. The van der Waals surface area contributed by atoms with Crippen molar-refractivity contribution in [3.05, 3.63) is 53.3 Å². The number of aliphatic hydroxyl groups excluding tert-OH is 1. The summed E-state index contributed by atoms with van der Waals surface area (Å²) in [5.41, 5.74) is 1.05. The van der Waals surface area contributed by atoms with E-state index in [1.807, 2.05) is 32.9 Å². The van der Waals surface area contributed by atoms with Gasteiger partial charge < -0.3 is 25.6 Å². The van der Waals surface area contributed by atoms with Gasteiger partial charge in [-0.15, -0.1) is 0 Å². The Morgan fingerprint density at radius 2 is 2.00 bits per heavy atom. The molecule has 0 radical (unpaired) electrons. The van der Waals surface area contributed by atoms with Crippen LogP contribution in [0.25, 0.3) is 0 Å². The molecule has 1 aromatic carbocycles. The van der Waals surface area contributed by atoms with Gasteiger partial charge in [-0.3, -0.25) is 14.6 Å². The second-order valence-electron chi connectivity index (χ2n) is 8.95. The maximum absolute atomic E-state index is 12.6. The molecule has 0 saturated carbocycles. The number of nitrogens with one attached hydrogen (secondary N) is 2. The zero-order chi connectivity index (χ0) is 22.6. The van der Waals surface area contributed by atoms with Crippen molar-refractivity contribution in [3.63, 3.8) is 0 Å². The Bertz CT molecular complexity index is 962. The SMILES string of the molecule is CC(C)(C)c1ccc(CC(=O)Nc2ccnc(C(=O)NC3(CO)CCOC3)c2)cc1O. The summed E-state index contributed by atoms with van der Waals surface area (Å²) in [6, 6.07) is 8.33. The topological polar surface area (TPSA) is 121 Å². The summed E-state index contributed by atoms with van der Waals surface area (Å²) in [5.74, 6) is -0.566. The third-order valence-corrected chi connectivity index (χ3v) is 5.30. The molecule has 1 atom stereocenters. The summed E-state index contributed by atoms with van der Waals surface area (Å²) in [4.78, 5) is 29.1. The standard InChI is InChI=1S/C23H29N3O5/c1-22(2,3)17-5-4-15(10-19(17)28)11-20(29)25-16-6-8-24-18(12-16)21(30)26-23(13-27)7-9-31-14-23/h4-6,8,10,12,27-28H,7,9,11,13-14H2,1-3H3,(H,26,30)(H,24,25,29). The van der Waals surface area contributed by atoms with Gasteiger partial charge in [0.05, 0.1) is 25.2 Å². The van der Waals surface area contributed by atoms with Crippen LogP contribution in [-0.4, -0.2) is 52.4 Å². The third kappa shape index (κ3) is 5.59. The number of carbonyl (C=O) groups is 2. The van der Waals surface area contributed by atoms with Gasteiger partial charge in [-0.2, -0.15) is 0 Å². The van der Waals surface area contributed by atoms with E-state index < -0.39 is 11.4 Å². The number of phenolic OH excluding ortho intramolecular Hbond substituents is 1. The number of hydrogen-bond acceptors (Lipinski definition) is 6. The Labute approximate surface area is 181 Å². The molecule has 8 nitrogen and oxygen atoms in total. The van der Waals surface area contributed by atoms with Gasteiger partial charge in [0.1, 0.15) is 11.4 Å². The number of ether oxygens (including phenoxy) is 1. The van der Waals surface area contributed by atoms with Gasteiger partial charge in [0.15, 0.2) is 0 Å². The summed E-state index contributed by atoms with van der Waals surface area (Å²) in [5, 5.41) is 25.4. The summed E-state index contributed by atoms with van der Waals surface area (Å²) in [6.45, 7) is 6.51. The van der Waals surface area contributed by atoms with Crippen LogP contribution in [0.3, 0.4) is 0 Å². The first kappa shape index (κ1) is 22.7. The second-order valence-corrected chi connectivity index (χ2v) is 8.95. The highest BCUT2D eigenvalue weighted by atomic mass is 16.5. The quantitative estimate of drug-likeness (QED) is 0.561. The van der Waals surface area contributed by atoms with Crippen molar-refractivity contribution < 1.29 is 24.5 Å². The molecule has 31 heavy (non-hydrogen) atoms. The molecular weight excluding hydrogens is 398 g/mol. The molecule has 0 spiro atoms. The lowest BCUT2D eigenvalue weighted by atomic mass is 9.85. The van der Waals surface area contributed by atoms with Crippen LogP contribution in [0.4, 0.5) is 5.69 Å². The summed E-state index contributed by atoms with van der Waals surface area (Å²) < 4.78 is 5.29. The van der Waals surface area contributed by atoms with E-state index >= 15 is 0 Å². The molecule has 1 aliphatic rings. The molecule has 166 valence electrons. The van der Waals surface area contributed by atoms with E-state index in [1.54, 1.807) is 12.1 Å². The first-order chi connectivity index (χ1) is 14.6. The zero-order valence-corrected chi connectivity index (χ0v) is 18.1. The minimum Gasteiger partial charge on any atom is -0.508 e. The predicted octanol–water partition coefficient (Wildman–Crippen LogP) is 2.15. The average Bonchev–Trinajstić information content (AvgIpc) is 3.16. The summed E-state index contributed by atoms with van der Waals surface area (Å²) in [7, 11) is 0. The van der Waals surface area contributed by atoms with Crippen molar-refractivity contribution in [1.29, 1.82) is 0 Å². The summed E-state index contributed by atoms with van der Waals surface area (Å²) >= 11 is 0. The number of aromatic hydroxyl groups is 1. The zero-order valence-electron chi connectivity index (χ0n) is 18.1. The van der Waals surface area contributed by atoms with Crippen molar-refractivity contribution >= 4 is 17.5 Å². The Morgan fingerprint density at radius 1 is 1.23 bits per heavy atom. The van der Waals surface area contributed by atoms with Crippen molar-refractivity contribution in [1.82, 2.24) is 10.3 Å². The number of aliphatic hydroxyl groups is 1. The molecule has 3 rings (SSSR count). The monoisotopic (exact) mass is 427 g/mol. The van der Waals surface area contributed by atoms with Crippen LogP contribution in [-0.2, 0) is 21.4 Å². The minimum atomic E-state index is -0.806. The number of phenols is 1. The van der Waals surface area contributed by atoms with E-state index in [9.17, 15) is 19.8 Å². The molecule has 0 aliphatic carbocycles. The molecular formula is C23H29N3O5. The van der Waals surface area contributed by atoms with E-state index in [1.165, 1.54) is 12.3 Å². The fourth-order valence-electron chi connectivity index (χ4n) is 3.52. The second kappa shape index (κ2) is 9.03. The minimum absolute atomic E-state index is 0.0762. The highest BCUT2D eigenvalue weighted by Gasteiger charge is 2.36. The lowest BCUT2D eigenvalue weighted by molar-refractivity contribution is -0.115. The summed E-state index contributed by atoms with van der Waals surface area (Å²) in [6.07, 6.45) is 2.03. The lowest BCUT2D eigenvalue weighted by Gasteiger charge is -2.26.